The molecule has 1 aromatic rings. The number of carboxylic acids is 2. The predicted molar refractivity (Wildman–Crippen MR) is 121 cm³/mol. The number of nitrogens with zero attached hydrogens (tertiary/aromatic N) is 1. The van der Waals surface area contributed by atoms with Gasteiger partial charge in [-0.1, -0.05) is 18.2 Å². The number of allylic oxidation sites excluding steroid dienone is 1. The van der Waals surface area contributed by atoms with Crippen molar-refractivity contribution in [3.05, 3.63) is 60.7 Å². The molecule has 2 aliphatic heterocycles. The van der Waals surface area contributed by atoms with E-state index in [1.165, 1.54) is 6.08 Å². The van der Waals surface area contributed by atoms with E-state index >= 15 is 0 Å². The zero-order valence-electron chi connectivity index (χ0n) is 19.2. The molecule has 12 heteroatoms. The summed E-state index contributed by atoms with van der Waals surface area (Å²) in [7, 11) is 0. The first-order valence-electron chi connectivity index (χ1n) is 11.2. The molecule has 0 spiro atoms. The Hall–Kier alpha value is -3.13. The average molecular weight is 509 g/mol. The summed E-state index contributed by atoms with van der Waals surface area (Å²) < 4.78 is 18.2. The summed E-state index contributed by atoms with van der Waals surface area (Å²) in [4.78, 5) is 22.7. The minimum absolute atomic E-state index is 0.0563. The lowest BCUT2D eigenvalue weighted by Gasteiger charge is -2.42. The van der Waals surface area contributed by atoms with Gasteiger partial charge < -0.3 is 44.8 Å². The molecule has 1 saturated heterocycles. The van der Waals surface area contributed by atoms with Crippen LogP contribution < -0.4 is 4.57 Å². The van der Waals surface area contributed by atoms with Crippen LogP contribution in [0.2, 0.25) is 0 Å². The number of aliphatic carboxylic acids is 2. The molecule has 0 aromatic carbocycles. The fraction of sp³-hybridized carbons (Fsp3) is 0.458. The number of carbonyl (C=O) groups is 2. The maximum absolute atomic E-state index is 11.9. The molecule has 1 aromatic heterocycles. The van der Waals surface area contributed by atoms with Gasteiger partial charge in [0.1, 0.15) is 30.8 Å². The summed E-state index contributed by atoms with van der Waals surface area (Å²) in [6, 6.07) is 3.50. The average Bonchev–Trinajstić information content (AvgIpc) is 2.86. The Morgan fingerprint density at radius 1 is 1.14 bits per heavy atom. The normalized spacial score (nSPS) is 32.5. The zero-order valence-corrected chi connectivity index (χ0v) is 19.2. The third kappa shape index (κ3) is 6.35. The summed E-state index contributed by atoms with van der Waals surface area (Å²) in [5.74, 6) is -3.71. The smallest absolute Gasteiger partial charge is 0.335 e. The first-order chi connectivity index (χ1) is 17.2. The molecule has 0 bridgehead atoms. The van der Waals surface area contributed by atoms with Crippen LogP contribution in [0.3, 0.4) is 0 Å². The Bertz CT molecular complexity index is 1010. The van der Waals surface area contributed by atoms with Crippen LogP contribution >= 0.6 is 0 Å². The van der Waals surface area contributed by atoms with E-state index in [0.29, 0.717) is 5.56 Å². The quantitative estimate of drug-likeness (QED) is 0.168. The molecule has 0 radical (unpaired) electrons. The van der Waals surface area contributed by atoms with E-state index in [0.717, 1.165) is 6.26 Å². The van der Waals surface area contributed by atoms with Crippen molar-refractivity contribution >= 4 is 18.0 Å². The van der Waals surface area contributed by atoms with E-state index < -0.39 is 67.4 Å². The maximum atomic E-state index is 11.9. The van der Waals surface area contributed by atoms with Crippen molar-refractivity contribution in [3.63, 3.8) is 0 Å². The highest BCUT2D eigenvalue weighted by molar-refractivity contribution is 5.88. The van der Waals surface area contributed by atoms with Crippen molar-refractivity contribution < 1.29 is 59.0 Å². The van der Waals surface area contributed by atoms with E-state index in [1.807, 2.05) is 0 Å². The van der Waals surface area contributed by atoms with E-state index in [2.05, 4.69) is 6.58 Å². The topological polar surface area (TPSA) is 187 Å². The van der Waals surface area contributed by atoms with Crippen molar-refractivity contribution in [2.75, 3.05) is 6.61 Å². The van der Waals surface area contributed by atoms with Crippen molar-refractivity contribution in [3.8, 4) is 0 Å². The SMILES string of the molecule is C=CC1C(OC2OC(CO)C(O)C(O)C2O)OC=C(C(=O)O)C1C=Cc1ccc[n+](CCC(=O)O)c1. The molecule has 0 aliphatic carbocycles. The lowest BCUT2D eigenvalue weighted by molar-refractivity contribution is -0.696. The molecular formula is C24H30NO11+. The summed E-state index contributed by atoms with van der Waals surface area (Å²) >= 11 is 0. The number of rotatable bonds is 10. The standard InChI is InChI=1S/C24H29NO11/c1-2-14-15(6-5-13-4-3-8-25(10-13)9-7-18(27)28)16(22(32)33)12-34-23(14)36-24-21(31)20(30)19(29)17(11-26)35-24/h2-6,8,10,12,14-15,17,19-21,23-24,26,29-31H,1,7,9,11H2,(H-,27,28,32,33)/p+1. The van der Waals surface area contributed by atoms with Crippen LogP contribution in [0.4, 0.5) is 0 Å². The molecule has 8 unspecified atom stereocenters. The van der Waals surface area contributed by atoms with Crippen molar-refractivity contribution in [2.24, 2.45) is 11.8 Å². The molecule has 0 amide bonds. The molecule has 6 N–H and O–H groups in total. The van der Waals surface area contributed by atoms with Gasteiger partial charge in [0.2, 0.25) is 6.29 Å². The molecular weight excluding hydrogens is 478 g/mol. The number of hydrogen-bond acceptors (Lipinski definition) is 9. The molecule has 36 heavy (non-hydrogen) atoms. The van der Waals surface area contributed by atoms with Gasteiger partial charge in [0, 0.05) is 17.5 Å². The Morgan fingerprint density at radius 2 is 1.89 bits per heavy atom. The number of aliphatic hydroxyl groups excluding tert-OH is 4. The largest absolute Gasteiger partial charge is 0.481 e. The van der Waals surface area contributed by atoms with E-state index in [-0.39, 0.29) is 18.5 Å². The lowest BCUT2D eigenvalue weighted by atomic mass is 9.83. The second-order valence-electron chi connectivity index (χ2n) is 8.43. The van der Waals surface area contributed by atoms with Gasteiger partial charge in [-0.2, -0.15) is 0 Å². The van der Waals surface area contributed by atoms with Gasteiger partial charge in [0.25, 0.3) is 0 Å². The molecule has 3 rings (SSSR count). The van der Waals surface area contributed by atoms with Gasteiger partial charge in [-0.05, 0) is 6.07 Å². The van der Waals surface area contributed by atoms with Gasteiger partial charge in [-0.3, -0.25) is 4.79 Å². The molecule has 3 heterocycles. The van der Waals surface area contributed by atoms with E-state index in [4.69, 9.17) is 19.3 Å². The Kier molecular flexibility index (Phi) is 9.31. The second-order valence-corrected chi connectivity index (χ2v) is 8.43. The summed E-state index contributed by atoms with van der Waals surface area (Å²) in [5.41, 5.74) is 0.604. The summed E-state index contributed by atoms with van der Waals surface area (Å²) in [6.45, 7) is 3.38. The zero-order chi connectivity index (χ0) is 26.4. The molecule has 12 nitrogen and oxygen atoms in total. The van der Waals surface area contributed by atoms with Crippen LogP contribution in [0.5, 0.6) is 0 Å². The highest BCUT2D eigenvalue weighted by Gasteiger charge is 2.47. The number of aromatic nitrogens is 1. The predicted octanol–water partition coefficient (Wildman–Crippen LogP) is -0.978. The van der Waals surface area contributed by atoms with Gasteiger partial charge in [0.15, 0.2) is 25.2 Å². The van der Waals surface area contributed by atoms with Crippen LogP contribution in [0, 0.1) is 11.8 Å². The molecule has 196 valence electrons. The Morgan fingerprint density at radius 3 is 2.53 bits per heavy atom. The minimum Gasteiger partial charge on any atom is -0.481 e. The number of aliphatic hydroxyl groups is 4. The molecule has 0 saturated carbocycles. The lowest BCUT2D eigenvalue weighted by Crippen LogP contribution is -2.60. The van der Waals surface area contributed by atoms with Crippen molar-refractivity contribution in [2.45, 2.75) is 50.0 Å². The highest BCUT2D eigenvalue weighted by Crippen LogP contribution is 2.36. The van der Waals surface area contributed by atoms with Crippen LogP contribution in [0.1, 0.15) is 12.0 Å². The second kappa shape index (κ2) is 12.2. The number of carboxylic acid groups (broad SMARTS) is 2. The van der Waals surface area contributed by atoms with Crippen LogP contribution in [-0.4, -0.2) is 86.2 Å². The maximum Gasteiger partial charge on any atom is 0.335 e. The molecule has 2 aliphatic rings. The van der Waals surface area contributed by atoms with Gasteiger partial charge in [-0.15, -0.1) is 6.58 Å². The fourth-order valence-electron chi connectivity index (χ4n) is 4.02. The highest BCUT2D eigenvalue weighted by atomic mass is 16.8. The number of aryl methyl sites for hydroxylation is 1. The Balaban J connectivity index is 1.82. The van der Waals surface area contributed by atoms with Crippen LogP contribution in [-0.2, 0) is 30.3 Å². The summed E-state index contributed by atoms with van der Waals surface area (Å²) in [6.07, 6.45) is 0.373. The van der Waals surface area contributed by atoms with Crippen LogP contribution in [0.15, 0.2) is 55.1 Å². The van der Waals surface area contributed by atoms with Gasteiger partial charge in [-0.25, -0.2) is 9.36 Å². The molecule has 8 atom stereocenters. The van der Waals surface area contributed by atoms with E-state index in [1.54, 1.807) is 41.2 Å². The van der Waals surface area contributed by atoms with E-state index in [9.17, 15) is 35.1 Å². The van der Waals surface area contributed by atoms with Crippen LogP contribution in [0.25, 0.3) is 6.08 Å². The minimum atomic E-state index is -1.67. The number of hydrogen-bond donors (Lipinski definition) is 6. The number of ether oxygens (including phenoxy) is 3. The van der Waals surface area contributed by atoms with Gasteiger partial charge in [0.05, 0.1) is 24.4 Å². The monoisotopic (exact) mass is 508 g/mol. The van der Waals surface area contributed by atoms with Crippen molar-refractivity contribution in [1.29, 1.82) is 0 Å². The number of pyridine rings is 1. The van der Waals surface area contributed by atoms with Crippen molar-refractivity contribution in [1.82, 2.24) is 0 Å². The first kappa shape index (κ1) is 27.5. The summed E-state index contributed by atoms with van der Waals surface area (Å²) in [5, 5.41) is 58.2. The Labute approximate surface area is 206 Å². The fourth-order valence-corrected chi connectivity index (χ4v) is 4.02. The molecule has 1 fully saturated rings. The van der Waals surface area contributed by atoms with Gasteiger partial charge >= 0.3 is 11.9 Å². The third-order valence-corrected chi connectivity index (χ3v) is 6.01. The third-order valence-electron chi connectivity index (χ3n) is 6.01. The first-order valence-corrected chi connectivity index (χ1v) is 11.2.